The molecule has 1 rings (SSSR count). The van der Waals surface area contributed by atoms with E-state index in [9.17, 15) is 4.79 Å². The summed E-state index contributed by atoms with van der Waals surface area (Å²) >= 11 is 0. The van der Waals surface area contributed by atoms with Gasteiger partial charge in [0.1, 0.15) is 0 Å². The van der Waals surface area contributed by atoms with Crippen molar-refractivity contribution in [2.75, 3.05) is 26.7 Å². The lowest BCUT2D eigenvalue weighted by atomic mass is 9.98. The Labute approximate surface area is 85.7 Å². The first-order valence-corrected chi connectivity index (χ1v) is 5.19. The lowest BCUT2D eigenvalue weighted by Gasteiger charge is -2.30. The zero-order valence-electron chi connectivity index (χ0n) is 8.87. The van der Waals surface area contributed by atoms with Crippen LogP contribution in [-0.2, 0) is 9.53 Å². The molecular weight excluding hydrogens is 178 g/mol. The van der Waals surface area contributed by atoms with E-state index in [-0.39, 0.29) is 11.9 Å². The molecule has 3 heteroatoms. The van der Waals surface area contributed by atoms with Crippen LogP contribution in [0.15, 0.2) is 12.7 Å². The maximum absolute atomic E-state index is 11.3. The van der Waals surface area contributed by atoms with Gasteiger partial charge in [-0.25, -0.2) is 0 Å². The fourth-order valence-electron chi connectivity index (χ4n) is 1.89. The van der Waals surface area contributed by atoms with E-state index in [4.69, 9.17) is 4.74 Å². The third-order valence-electron chi connectivity index (χ3n) is 2.69. The van der Waals surface area contributed by atoms with E-state index in [0.29, 0.717) is 0 Å². The molecule has 0 N–H and O–H groups in total. The number of carbonyl (C=O) groups excluding carboxylic acids is 1. The van der Waals surface area contributed by atoms with Gasteiger partial charge in [0.15, 0.2) is 0 Å². The highest BCUT2D eigenvalue weighted by molar-refractivity contribution is 5.72. The van der Waals surface area contributed by atoms with Gasteiger partial charge in [-0.3, -0.25) is 4.79 Å². The second-order valence-electron chi connectivity index (χ2n) is 3.74. The maximum atomic E-state index is 11.3. The molecule has 0 spiro atoms. The molecule has 3 nitrogen and oxygen atoms in total. The van der Waals surface area contributed by atoms with E-state index in [1.807, 2.05) is 6.08 Å². The predicted octanol–water partition coefficient (Wildman–Crippen LogP) is 1.45. The van der Waals surface area contributed by atoms with Crippen molar-refractivity contribution < 1.29 is 9.53 Å². The van der Waals surface area contributed by atoms with Crippen LogP contribution in [0.3, 0.4) is 0 Å². The quantitative estimate of drug-likeness (QED) is 0.504. The van der Waals surface area contributed by atoms with Crippen LogP contribution < -0.4 is 0 Å². The van der Waals surface area contributed by atoms with E-state index in [2.05, 4.69) is 11.5 Å². The number of hydrogen-bond acceptors (Lipinski definition) is 3. The molecule has 1 saturated heterocycles. The monoisotopic (exact) mass is 197 g/mol. The van der Waals surface area contributed by atoms with Crippen molar-refractivity contribution >= 4 is 5.97 Å². The lowest BCUT2D eigenvalue weighted by Crippen LogP contribution is -2.39. The number of methoxy groups -OCH3 is 1. The Morgan fingerprint density at radius 1 is 1.71 bits per heavy atom. The van der Waals surface area contributed by atoms with Gasteiger partial charge >= 0.3 is 5.97 Å². The number of rotatable bonds is 4. The number of nitrogens with zero attached hydrogens (tertiary/aromatic N) is 1. The molecule has 1 atom stereocenters. The highest BCUT2D eigenvalue weighted by Gasteiger charge is 2.25. The van der Waals surface area contributed by atoms with Crippen molar-refractivity contribution in [2.24, 2.45) is 5.92 Å². The topological polar surface area (TPSA) is 29.5 Å². The van der Waals surface area contributed by atoms with Gasteiger partial charge in [0.25, 0.3) is 0 Å². The molecular formula is C11H19NO2. The third-order valence-corrected chi connectivity index (χ3v) is 2.69. The smallest absolute Gasteiger partial charge is 0.309 e. The van der Waals surface area contributed by atoms with Crippen LogP contribution in [0, 0.1) is 5.92 Å². The molecule has 1 aliphatic rings. The molecule has 14 heavy (non-hydrogen) atoms. The molecule has 0 aliphatic carbocycles. The first-order valence-electron chi connectivity index (χ1n) is 5.19. The van der Waals surface area contributed by atoms with Crippen molar-refractivity contribution in [3.63, 3.8) is 0 Å². The molecule has 1 aliphatic heterocycles. The van der Waals surface area contributed by atoms with Crippen LogP contribution in [-0.4, -0.2) is 37.6 Å². The van der Waals surface area contributed by atoms with E-state index >= 15 is 0 Å². The van der Waals surface area contributed by atoms with Gasteiger partial charge < -0.3 is 9.64 Å². The van der Waals surface area contributed by atoms with Crippen molar-refractivity contribution in [1.82, 2.24) is 4.90 Å². The first-order chi connectivity index (χ1) is 6.77. The Kier molecular flexibility index (Phi) is 4.66. The standard InChI is InChI=1S/C11H19NO2/c1-3-4-7-12-8-5-6-10(9-12)11(13)14-2/h3,10H,1,4-9H2,2H3/t10-/m0/s1. The Morgan fingerprint density at radius 3 is 3.14 bits per heavy atom. The van der Waals surface area contributed by atoms with Gasteiger partial charge in [-0.15, -0.1) is 6.58 Å². The van der Waals surface area contributed by atoms with Crippen LogP contribution in [0.25, 0.3) is 0 Å². The van der Waals surface area contributed by atoms with E-state index < -0.39 is 0 Å². The summed E-state index contributed by atoms with van der Waals surface area (Å²) in [6, 6.07) is 0. The van der Waals surface area contributed by atoms with Crippen molar-refractivity contribution in [3.05, 3.63) is 12.7 Å². The average Bonchev–Trinajstić information content (AvgIpc) is 2.25. The van der Waals surface area contributed by atoms with Gasteiger partial charge in [-0.2, -0.15) is 0 Å². The summed E-state index contributed by atoms with van der Waals surface area (Å²) < 4.78 is 4.76. The molecule has 0 bridgehead atoms. The Morgan fingerprint density at radius 2 is 2.50 bits per heavy atom. The molecule has 80 valence electrons. The third kappa shape index (κ3) is 3.14. The molecule has 0 amide bonds. The van der Waals surface area contributed by atoms with Gasteiger partial charge in [0, 0.05) is 13.1 Å². The predicted molar refractivity (Wildman–Crippen MR) is 56.0 cm³/mol. The van der Waals surface area contributed by atoms with Crippen LogP contribution >= 0.6 is 0 Å². The number of likely N-dealkylation sites (tertiary alicyclic amines) is 1. The minimum atomic E-state index is -0.0618. The largest absolute Gasteiger partial charge is 0.469 e. The van der Waals surface area contributed by atoms with Gasteiger partial charge in [-0.05, 0) is 25.8 Å². The number of carbonyl (C=O) groups is 1. The maximum Gasteiger partial charge on any atom is 0.309 e. The molecule has 0 unspecified atom stereocenters. The van der Waals surface area contributed by atoms with Crippen molar-refractivity contribution in [3.8, 4) is 0 Å². The van der Waals surface area contributed by atoms with E-state index in [1.165, 1.54) is 7.11 Å². The summed E-state index contributed by atoms with van der Waals surface area (Å²) in [5, 5.41) is 0. The summed E-state index contributed by atoms with van der Waals surface area (Å²) in [7, 11) is 1.46. The number of piperidine rings is 1. The summed E-state index contributed by atoms with van der Waals surface area (Å²) in [5.41, 5.74) is 0. The van der Waals surface area contributed by atoms with Crippen LogP contribution in [0.4, 0.5) is 0 Å². The van der Waals surface area contributed by atoms with Gasteiger partial charge in [0.05, 0.1) is 13.0 Å². The lowest BCUT2D eigenvalue weighted by molar-refractivity contribution is -0.147. The summed E-state index contributed by atoms with van der Waals surface area (Å²) in [6.45, 7) is 6.65. The summed E-state index contributed by atoms with van der Waals surface area (Å²) in [6.07, 6.45) is 4.98. The zero-order chi connectivity index (χ0) is 10.4. The van der Waals surface area contributed by atoms with Crippen LogP contribution in [0.1, 0.15) is 19.3 Å². The molecule has 1 fully saturated rings. The minimum absolute atomic E-state index is 0.0618. The minimum Gasteiger partial charge on any atom is -0.469 e. The van der Waals surface area contributed by atoms with Crippen LogP contribution in [0.2, 0.25) is 0 Å². The van der Waals surface area contributed by atoms with E-state index in [1.54, 1.807) is 0 Å². The normalized spacial score (nSPS) is 23.1. The first kappa shape index (κ1) is 11.2. The molecule has 0 aromatic carbocycles. The van der Waals surface area contributed by atoms with Gasteiger partial charge in [0.2, 0.25) is 0 Å². The fourth-order valence-corrected chi connectivity index (χ4v) is 1.89. The van der Waals surface area contributed by atoms with E-state index in [0.717, 1.165) is 38.9 Å². The average molecular weight is 197 g/mol. The number of esters is 1. The molecule has 0 radical (unpaired) electrons. The second-order valence-corrected chi connectivity index (χ2v) is 3.74. The van der Waals surface area contributed by atoms with Crippen molar-refractivity contribution in [1.29, 1.82) is 0 Å². The zero-order valence-corrected chi connectivity index (χ0v) is 8.87. The Hall–Kier alpha value is -0.830. The summed E-state index contributed by atoms with van der Waals surface area (Å²) in [4.78, 5) is 13.6. The van der Waals surface area contributed by atoms with Crippen molar-refractivity contribution in [2.45, 2.75) is 19.3 Å². The summed E-state index contributed by atoms with van der Waals surface area (Å²) in [5.74, 6) is 0.0202. The molecule has 1 heterocycles. The van der Waals surface area contributed by atoms with Gasteiger partial charge in [-0.1, -0.05) is 6.08 Å². The highest BCUT2D eigenvalue weighted by Crippen LogP contribution is 2.17. The van der Waals surface area contributed by atoms with Crippen LogP contribution in [0.5, 0.6) is 0 Å². The number of ether oxygens (including phenoxy) is 1. The molecule has 0 aromatic heterocycles. The second kappa shape index (κ2) is 5.81. The molecule has 0 saturated carbocycles. The SMILES string of the molecule is C=CCCN1CCC[C@H](C(=O)OC)C1. The highest BCUT2D eigenvalue weighted by atomic mass is 16.5. The number of hydrogen-bond donors (Lipinski definition) is 0. The molecule has 0 aromatic rings. The Bertz CT molecular complexity index is 203. The fraction of sp³-hybridized carbons (Fsp3) is 0.727. The Balaban J connectivity index is 2.35.